The summed E-state index contributed by atoms with van der Waals surface area (Å²) < 4.78 is 37.8. The number of para-hydroxylation sites is 1. The molecule has 0 aliphatic carbocycles. The topological polar surface area (TPSA) is 58.2 Å². The van der Waals surface area contributed by atoms with E-state index in [4.69, 9.17) is 11.6 Å². The Hall–Kier alpha value is -2.54. The molecule has 0 radical (unpaired) electrons. The summed E-state index contributed by atoms with van der Waals surface area (Å²) in [7, 11) is 0. The molecule has 0 aliphatic heterocycles. The van der Waals surface area contributed by atoms with Gasteiger partial charge in [-0.05, 0) is 37.3 Å². The zero-order chi connectivity index (χ0) is 18.6. The standard InChI is InChI=1S/C17H14ClF3N2O2/c1-10(24)12-4-2-3-5-14(12)23-16(25)9-22-15-7-6-11(8-13(15)18)17(19,20)21/h2-8,22H,9H2,1H3,(H,23,25). The van der Waals surface area contributed by atoms with Gasteiger partial charge in [0, 0.05) is 5.56 Å². The number of amides is 1. The van der Waals surface area contributed by atoms with Crippen LogP contribution in [0.1, 0.15) is 22.8 Å². The molecule has 0 unspecified atom stereocenters. The number of carbonyl (C=O) groups is 2. The molecule has 0 bridgehead atoms. The van der Waals surface area contributed by atoms with Crippen LogP contribution in [0, 0.1) is 0 Å². The van der Waals surface area contributed by atoms with E-state index in [2.05, 4.69) is 10.6 Å². The Bertz CT molecular complexity index is 807. The van der Waals surface area contributed by atoms with Crippen molar-refractivity contribution in [2.45, 2.75) is 13.1 Å². The highest BCUT2D eigenvalue weighted by atomic mass is 35.5. The summed E-state index contributed by atoms with van der Waals surface area (Å²) in [5.41, 5.74) is 0.0521. The summed E-state index contributed by atoms with van der Waals surface area (Å²) in [5, 5.41) is 5.09. The first-order valence-corrected chi connectivity index (χ1v) is 7.56. The maximum Gasteiger partial charge on any atom is 0.416 e. The summed E-state index contributed by atoms with van der Waals surface area (Å²) in [5.74, 6) is -0.667. The van der Waals surface area contributed by atoms with E-state index < -0.39 is 17.6 Å². The second-order valence-electron chi connectivity index (χ2n) is 5.20. The van der Waals surface area contributed by atoms with Gasteiger partial charge < -0.3 is 10.6 Å². The third-order valence-electron chi connectivity index (χ3n) is 3.32. The molecule has 25 heavy (non-hydrogen) atoms. The zero-order valence-corrected chi connectivity index (χ0v) is 13.8. The number of benzene rings is 2. The Morgan fingerprint density at radius 1 is 1.08 bits per heavy atom. The molecular formula is C17H14ClF3N2O2. The molecule has 8 heteroatoms. The van der Waals surface area contributed by atoms with Gasteiger partial charge in [0.05, 0.1) is 28.5 Å². The Labute approximate surface area is 147 Å². The van der Waals surface area contributed by atoms with Crippen molar-refractivity contribution in [3.05, 3.63) is 58.6 Å². The van der Waals surface area contributed by atoms with Gasteiger partial charge in [0.25, 0.3) is 0 Å². The van der Waals surface area contributed by atoms with E-state index in [1.54, 1.807) is 24.3 Å². The van der Waals surface area contributed by atoms with Crippen LogP contribution in [0.2, 0.25) is 5.02 Å². The van der Waals surface area contributed by atoms with Crippen molar-refractivity contribution in [1.29, 1.82) is 0 Å². The van der Waals surface area contributed by atoms with Crippen LogP contribution in [-0.4, -0.2) is 18.2 Å². The lowest BCUT2D eigenvalue weighted by Crippen LogP contribution is -2.23. The number of alkyl halides is 3. The number of halogens is 4. The predicted octanol–water partition coefficient (Wildman–Crippen LogP) is 4.61. The van der Waals surface area contributed by atoms with Gasteiger partial charge in [-0.25, -0.2) is 0 Å². The molecule has 0 saturated heterocycles. The molecule has 0 fully saturated rings. The number of carbonyl (C=O) groups excluding carboxylic acids is 2. The summed E-state index contributed by atoms with van der Waals surface area (Å²) in [4.78, 5) is 23.5. The minimum Gasteiger partial charge on any atom is -0.375 e. The van der Waals surface area contributed by atoms with Crippen LogP contribution >= 0.6 is 11.6 Å². The molecule has 0 atom stereocenters. The normalized spacial score (nSPS) is 11.1. The van der Waals surface area contributed by atoms with E-state index in [0.29, 0.717) is 11.3 Å². The van der Waals surface area contributed by atoms with Crippen molar-refractivity contribution in [1.82, 2.24) is 0 Å². The number of ketones is 1. The Morgan fingerprint density at radius 3 is 2.36 bits per heavy atom. The lowest BCUT2D eigenvalue weighted by atomic mass is 10.1. The van der Waals surface area contributed by atoms with Crippen LogP contribution in [-0.2, 0) is 11.0 Å². The Balaban J connectivity index is 2.03. The number of hydrogen-bond acceptors (Lipinski definition) is 3. The molecule has 2 aromatic rings. The fraction of sp³-hybridized carbons (Fsp3) is 0.176. The first kappa shape index (κ1) is 18.8. The maximum atomic E-state index is 12.6. The monoisotopic (exact) mass is 370 g/mol. The summed E-state index contributed by atoms with van der Waals surface area (Å²) in [6, 6.07) is 9.32. The fourth-order valence-electron chi connectivity index (χ4n) is 2.10. The second-order valence-corrected chi connectivity index (χ2v) is 5.60. The van der Waals surface area contributed by atoms with Crippen molar-refractivity contribution in [3.8, 4) is 0 Å². The minimum absolute atomic E-state index is 0.147. The third kappa shape index (κ3) is 4.96. The fourth-order valence-corrected chi connectivity index (χ4v) is 2.35. The van der Waals surface area contributed by atoms with Crippen molar-refractivity contribution >= 4 is 34.7 Å². The number of anilines is 2. The highest BCUT2D eigenvalue weighted by Gasteiger charge is 2.30. The molecular weight excluding hydrogens is 357 g/mol. The van der Waals surface area contributed by atoms with Crippen molar-refractivity contribution < 1.29 is 22.8 Å². The quantitative estimate of drug-likeness (QED) is 0.755. The zero-order valence-electron chi connectivity index (χ0n) is 13.1. The van der Waals surface area contributed by atoms with E-state index >= 15 is 0 Å². The average molecular weight is 371 g/mol. The molecule has 132 valence electrons. The van der Waals surface area contributed by atoms with E-state index in [-0.39, 0.29) is 23.0 Å². The van der Waals surface area contributed by atoms with Gasteiger partial charge in [-0.15, -0.1) is 0 Å². The van der Waals surface area contributed by atoms with Crippen LogP contribution < -0.4 is 10.6 Å². The molecule has 0 spiro atoms. The molecule has 2 rings (SSSR count). The van der Waals surface area contributed by atoms with Gasteiger partial charge in [-0.2, -0.15) is 13.2 Å². The van der Waals surface area contributed by atoms with E-state index in [1.807, 2.05) is 0 Å². The molecule has 4 nitrogen and oxygen atoms in total. The van der Waals surface area contributed by atoms with Crippen LogP contribution in [0.5, 0.6) is 0 Å². The van der Waals surface area contributed by atoms with Crippen molar-refractivity contribution in [2.75, 3.05) is 17.2 Å². The lowest BCUT2D eigenvalue weighted by molar-refractivity contribution is -0.137. The lowest BCUT2D eigenvalue weighted by Gasteiger charge is -2.13. The molecule has 1 amide bonds. The van der Waals surface area contributed by atoms with Crippen molar-refractivity contribution in [3.63, 3.8) is 0 Å². The largest absolute Gasteiger partial charge is 0.416 e. The number of nitrogens with one attached hydrogen (secondary N) is 2. The van der Waals surface area contributed by atoms with Crippen LogP contribution in [0.4, 0.5) is 24.5 Å². The molecule has 0 saturated carbocycles. The minimum atomic E-state index is -4.49. The number of rotatable bonds is 5. The molecule has 0 aromatic heterocycles. The van der Waals surface area contributed by atoms with E-state index in [1.165, 1.54) is 6.92 Å². The van der Waals surface area contributed by atoms with Crippen LogP contribution in [0.3, 0.4) is 0 Å². The second kappa shape index (κ2) is 7.57. The average Bonchev–Trinajstić information content (AvgIpc) is 2.53. The summed E-state index contributed by atoms with van der Waals surface area (Å²) in [6.45, 7) is 1.16. The first-order valence-electron chi connectivity index (χ1n) is 7.19. The van der Waals surface area contributed by atoms with Gasteiger partial charge in [0.15, 0.2) is 5.78 Å². The van der Waals surface area contributed by atoms with Crippen LogP contribution in [0.25, 0.3) is 0 Å². The molecule has 2 aromatic carbocycles. The third-order valence-corrected chi connectivity index (χ3v) is 3.63. The Morgan fingerprint density at radius 2 is 1.76 bits per heavy atom. The Kier molecular flexibility index (Phi) is 5.69. The molecule has 0 heterocycles. The molecule has 2 N–H and O–H groups in total. The van der Waals surface area contributed by atoms with Crippen LogP contribution in [0.15, 0.2) is 42.5 Å². The summed E-state index contributed by atoms with van der Waals surface area (Å²) >= 11 is 5.81. The van der Waals surface area contributed by atoms with Gasteiger partial charge in [0.1, 0.15) is 0 Å². The highest BCUT2D eigenvalue weighted by molar-refractivity contribution is 6.33. The molecule has 0 aliphatic rings. The van der Waals surface area contributed by atoms with Gasteiger partial charge in [-0.1, -0.05) is 23.7 Å². The summed E-state index contributed by atoms with van der Waals surface area (Å²) in [6.07, 6.45) is -4.49. The number of Topliss-reactive ketones (excluding diaryl/α,β-unsaturated/α-hetero) is 1. The van der Waals surface area contributed by atoms with Gasteiger partial charge in [0.2, 0.25) is 5.91 Å². The van der Waals surface area contributed by atoms with E-state index in [0.717, 1.165) is 18.2 Å². The van der Waals surface area contributed by atoms with Gasteiger partial charge in [-0.3, -0.25) is 9.59 Å². The number of hydrogen-bond donors (Lipinski definition) is 2. The van der Waals surface area contributed by atoms with E-state index in [9.17, 15) is 22.8 Å². The smallest absolute Gasteiger partial charge is 0.375 e. The predicted molar refractivity (Wildman–Crippen MR) is 90.0 cm³/mol. The van der Waals surface area contributed by atoms with Crippen molar-refractivity contribution in [2.24, 2.45) is 0 Å². The highest BCUT2D eigenvalue weighted by Crippen LogP contribution is 2.33. The maximum absolute atomic E-state index is 12.6. The SMILES string of the molecule is CC(=O)c1ccccc1NC(=O)CNc1ccc(C(F)(F)F)cc1Cl. The van der Waals surface area contributed by atoms with Gasteiger partial charge >= 0.3 is 6.18 Å². The first-order chi connectivity index (χ1) is 11.7.